The predicted molar refractivity (Wildman–Crippen MR) is 60.1 cm³/mol. The highest BCUT2D eigenvalue weighted by Crippen LogP contribution is 2.57. The van der Waals surface area contributed by atoms with Crippen LogP contribution in [0.25, 0.3) is 0 Å². The molecule has 0 spiro atoms. The Labute approximate surface area is 95.5 Å². The summed E-state index contributed by atoms with van der Waals surface area (Å²) < 4.78 is 5.13. The molecule has 0 radical (unpaired) electrons. The number of hydrogen-bond acceptors (Lipinski definition) is 3. The fraction of sp³-hybridized carbons (Fsp3) is 0.615. The van der Waals surface area contributed by atoms with Gasteiger partial charge in [-0.2, -0.15) is 0 Å². The van der Waals surface area contributed by atoms with Crippen molar-refractivity contribution in [1.82, 2.24) is 4.98 Å². The van der Waals surface area contributed by atoms with Crippen molar-refractivity contribution in [2.75, 3.05) is 7.11 Å². The van der Waals surface area contributed by atoms with E-state index in [0.29, 0.717) is 17.7 Å². The molecule has 0 aromatic carbocycles. The van der Waals surface area contributed by atoms with E-state index in [-0.39, 0.29) is 0 Å². The number of rotatable bonds is 4. The van der Waals surface area contributed by atoms with Crippen LogP contribution in [-0.4, -0.2) is 17.2 Å². The Balaban J connectivity index is 1.98. The van der Waals surface area contributed by atoms with Gasteiger partial charge < -0.3 is 9.84 Å². The molecule has 0 atom stereocenters. The first-order valence-corrected chi connectivity index (χ1v) is 5.99. The molecule has 0 unspecified atom stereocenters. The molecule has 86 valence electrons. The van der Waals surface area contributed by atoms with Crippen molar-refractivity contribution in [1.29, 1.82) is 0 Å². The lowest BCUT2D eigenvalue weighted by Crippen LogP contribution is -2.32. The molecule has 0 saturated heterocycles. The molecular weight excluding hydrogens is 202 g/mol. The molecule has 3 nitrogen and oxygen atoms in total. The maximum Gasteiger partial charge on any atom is 0.213 e. The Morgan fingerprint density at radius 1 is 1.25 bits per heavy atom. The molecule has 1 aromatic rings. The average Bonchev–Trinajstić information content (AvgIpc) is 3.20. The smallest absolute Gasteiger partial charge is 0.213 e. The lowest BCUT2D eigenvalue weighted by molar-refractivity contribution is -0.0147. The first-order valence-electron chi connectivity index (χ1n) is 5.99. The van der Waals surface area contributed by atoms with Crippen LogP contribution in [-0.2, 0) is 5.60 Å². The van der Waals surface area contributed by atoms with E-state index < -0.39 is 5.60 Å². The Morgan fingerprint density at radius 3 is 2.38 bits per heavy atom. The van der Waals surface area contributed by atoms with Crippen LogP contribution in [0.3, 0.4) is 0 Å². The van der Waals surface area contributed by atoms with Gasteiger partial charge in [0.1, 0.15) is 5.60 Å². The second-order valence-corrected chi connectivity index (χ2v) is 4.94. The largest absolute Gasteiger partial charge is 0.481 e. The van der Waals surface area contributed by atoms with E-state index >= 15 is 0 Å². The van der Waals surface area contributed by atoms with Gasteiger partial charge in [0.25, 0.3) is 0 Å². The zero-order valence-electron chi connectivity index (χ0n) is 9.52. The van der Waals surface area contributed by atoms with Crippen LogP contribution in [0.15, 0.2) is 18.2 Å². The van der Waals surface area contributed by atoms with E-state index in [1.54, 1.807) is 7.11 Å². The lowest BCUT2D eigenvalue weighted by Gasteiger charge is -2.27. The molecule has 0 bridgehead atoms. The van der Waals surface area contributed by atoms with Crippen LogP contribution >= 0.6 is 0 Å². The summed E-state index contributed by atoms with van der Waals surface area (Å²) >= 11 is 0. The number of ether oxygens (including phenoxy) is 1. The Morgan fingerprint density at radius 2 is 1.88 bits per heavy atom. The number of aliphatic hydroxyl groups is 1. The minimum Gasteiger partial charge on any atom is -0.481 e. The summed E-state index contributed by atoms with van der Waals surface area (Å²) in [4.78, 5) is 4.41. The third-order valence-electron chi connectivity index (χ3n) is 3.74. The van der Waals surface area contributed by atoms with Gasteiger partial charge in [0.2, 0.25) is 5.88 Å². The molecule has 0 amide bonds. The summed E-state index contributed by atoms with van der Waals surface area (Å²) in [7, 11) is 1.61. The average molecular weight is 219 g/mol. The highest BCUT2D eigenvalue weighted by atomic mass is 16.5. The third-order valence-corrected chi connectivity index (χ3v) is 3.74. The van der Waals surface area contributed by atoms with Gasteiger partial charge in [0.15, 0.2) is 0 Å². The molecule has 0 aliphatic heterocycles. The highest BCUT2D eigenvalue weighted by Gasteiger charge is 2.55. The molecule has 1 heterocycles. The molecule has 1 N–H and O–H groups in total. The van der Waals surface area contributed by atoms with Gasteiger partial charge in [0, 0.05) is 6.07 Å². The summed E-state index contributed by atoms with van der Waals surface area (Å²) in [5.74, 6) is 1.43. The minimum atomic E-state index is -0.686. The van der Waals surface area contributed by atoms with Crippen molar-refractivity contribution >= 4 is 0 Å². The van der Waals surface area contributed by atoms with E-state index in [9.17, 15) is 5.11 Å². The monoisotopic (exact) mass is 219 g/mol. The van der Waals surface area contributed by atoms with Gasteiger partial charge in [-0.25, -0.2) is 4.98 Å². The summed E-state index contributed by atoms with van der Waals surface area (Å²) in [6.07, 6.45) is 4.52. The minimum absolute atomic E-state index is 0.416. The molecule has 16 heavy (non-hydrogen) atoms. The van der Waals surface area contributed by atoms with Crippen molar-refractivity contribution in [3.63, 3.8) is 0 Å². The van der Waals surface area contributed by atoms with E-state index in [0.717, 1.165) is 31.4 Å². The zero-order chi connectivity index (χ0) is 11.2. The van der Waals surface area contributed by atoms with Gasteiger partial charge in [-0.05, 0) is 43.6 Å². The number of aromatic nitrogens is 1. The van der Waals surface area contributed by atoms with Gasteiger partial charge in [0.05, 0.1) is 12.8 Å². The summed E-state index contributed by atoms with van der Waals surface area (Å²) in [6, 6.07) is 5.67. The van der Waals surface area contributed by atoms with Crippen molar-refractivity contribution < 1.29 is 9.84 Å². The van der Waals surface area contributed by atoms with Crippen LogP contribution in [0.1, 0.15) is 31.4 Å². The fourth-order valence-electron chi connectivity index (χ4n) is 2.55. The quantitative estimate of drug-likeness (QED) is 0.843. The van der Waals surface area contributed by atoms with Crippen molar-refractivity contribution in [3.8, 4) is 5.88 Å². The van der Waals surface area contributed by atoms with Gasteiger partial charge in [-0.1, -0.05) is 6.07 Å². The molecule has 1 aromatic heterocycles. The first kappa shape index (κ1) is 10.1. The SMILES string of the molecule is COc1cccc(C(O)(C2CC2)C2CC2)n1. The Bertz CT molecular complexity index is 385. The molecule has 2 saturated carbocycles. The highest BCUT2D eigenvalue weighted by molar-refractivity contribution is 5.25. The summed E-state index contributed by atoms with van der Waals surface area (Å²) in [5, 5.41) is 10.9. The molecule has 3 rings (SSSR count). The van der Waals surface area contributed by atoms with Crippen LogP contribution in [0.4, 0.5) is 0 Å². The maximum atomic E-state index is 10.9. The lowest BCUT2D eigenvalue weighted by atomic mass is 9.88. The number of methoxy groups -OCH3 is 1. The number of hydrogen-bond donors (Lipinski definition) is 1. The van der Waals surface area contributed by atoms with Gasteiger partial charge >= 0.3 is 0 Å². The molecular formula is C13H17NO2. The van der Waals surface area contributed by atoms with Crippen LogP contribution in [0.2, 0.25) is 0 Å². The molecule has 2 aliphatic carbocycles. The topological polar surface area (TPSA) is 42.4 Å². The second kappa shape index (κ2) is 3.45. The second-order valence-electron chi connectivity index (χ2n) is 4.94. The summed E-state index contributed by atoms with van der Waals surface area (Å²) in [6.45, 7) is 0. The predicted octanol–water partition coefficient (Wildman–Crippen LogP) is 2.10. The Kier molecular flexibility index (Phi) is 2.18. The molecule has 2 fully saturated rings. The maximum absolute atomic E-state index is 10.9. The van der Waals surface area contributed by atoms with Gasteiger partial charge in [-0.3, -0.25) is 0 Å². The van der Waals surface area contributed by atoms with Crippen molar-refractivity contribution in [3.05, 3.63) is 23.9 Å². The third kappa shape index (κ3) is 1.50. The summed E-state index contributed by atoms with van der Waals surface area (Å²) in [5.41, 5.74) is 0.117. The number of pyridine rings is 1. The number of nitrogens with zero attached hydrogens (tertiary/aromatic N) is 1. The standard InChI is InChI=1S/C13H17NO2/c1-16-12-4-2-3-11(14-12)13(15,9-5-6-9)10-7-8-10/h2-4,9-10,15H,5-8H2,1H3. The van der Waals surface area contributed by atoms with Crippen LogP contribution in [0.5, 0.6) is 5.88 Å². The first-order chi connectivity index (χ1) is 7.75. The van der Waals surface area contributed by atoms with Crippen LogP contribution in [0, 0.1) is 11.8 Å². The van der Waals surface area contributed by atoms with E-state index in [4.69, 9.17) is 4.74 Å². The van der Waals surface area contributed by atoms with E-state index in [1.165, 1.54) is 0 Å². The Hall–Kier alpha value is -1.09. The van der Waals surface area contributed by atoms with E-state index in [1.807, 2.05) is 18.2 Å². The van der Waals surface area contributed by atoms with Crippen LogP contribution < -0.4 is 4.74 Å². The normalized spacial score (nSPS) is 20.9. The van der Waals surface area contributed by atoms with Crippen molar-refractivity contribution in [2.24, 2.45) is 11.8 Å². The van der Waals surface area contributed by atoms with E-state index in [2.05, 4.69) is 4.98 Å². The molecule has 2 aliphatic rings. The van der Waals surface area contributed by atoms with Crippen molar-refractivity contribution in [2.45, 2.75) is 31.3 Å². The fourth-order valence-corrected chi connectivity index (χ4v) is 2.55. The zero-order valence-corrected chi connectivity index (χ0v) is 9.52. The van der Waals surface area contributed by atoms with Gasteiger partial charge in [-0.15, -0.1) is 0 Å². The molecule has 3 heteroatoms.